The number of amides is 1. The van der Waals surface area contributed by atoms with Gasteiger partial charge in [-0.2, -0.15) is 0 Å². The molecule has 2 rings (SSSR count). The third-order valence-corrected chi connectivity index (χ3v) is 3.58. The maximum absolute atomic E-state index is 11.4. The van der Waals surface area contributed by atoms with Gasteiger partial charge in [-0.15, -0.1) is 0 Å². The van der Waals surface area contributed by atoms with Crippen molar-refractivity contribution in [2.75, 3.05) is 11.9 Å². The Morgan fingerprint density at radius 2 is 2.07 bits per heavy atom. The molecule has 0 aliphatic carbocycles. The highest BCUT2D eigenvalue weighted by molar-refractivity contribution is 9.10. The van der Waals surface area contributed by atoms with Crippen molar-refractivity contribution in [3.8, 4) is 0 Å². The van der Waals surface area contributed by atoms with Crippen LogP contribution in [0, 0.1) is 6.92 Å². The third kappa shape index (κ3) is 1.46. The van der Waals surface area contributed by atoms with Gasteiger partial charge in [-0.05, 0) is 24.1 Å². The summed E-state index contributed by atoms with van der Waals surface area (Å²) in [5.74, 6) is 0.168. The van der Waals surface area contributed by atoms with Crippen molar-refractivity contribution >= 4 is 27.5 Å². The molecule has 0 aromatic heterocycles. The third-order valence-electron chi connectivity index (χ3n) is 2.48. The first-order valence-electron chi connectivity index (χ1n) is 4.16. The van der Waals surface area contributed by atoms with E-state index in [1.165, 1.54) is 5.56 Å². The summed E-state index contributed by atoms with van der Waals surface area (Å²) in [5, 5.41) is 0. The number of hydrogen-bond acceptors (Lipinski definition) is 1. The molecule has 3 heteroatoms. The fraction of sp³-hybridized carbons (Fsp3) is 0.364. The zero-order valence-corrected chi connectivity index (χ0v) is 9.18. The lowest BCUT2D eigenvalue weighted by atomic mass is 10.1. The molecular weight excluding hydrogens is 242 g/mol. The van der Waals surface area contributed by atoms with Crippen molar-refractivity contribution in [2.24, 2.45) is 0 Å². The first-order valence-corrected chi connectivity index (χ1v) is 4.95. The van der Waals surface area contributed by atoms with Crippen LogP contribution >= 0.6 is 15.9 Å². The van der Waals surface area contributed by atoms with E-state index < -0.39 is 0 Å². The molecule has 1 aliphatic rings. The summed E-state index contributed by atoms with van der Waals surface area (Å²) in [5.41, 5.74) is 3.33. The summed E-state index contributed by atoms with van der Waals surface area (Å²) < 4.78 is 1.07. The van der Waals surface area contributed by atoms with Crippen LogP contribution in [-0.2, 0) is 11.2 Å². The molecule has 1 aromatic carbocycles. The molecular formula is C11H14BrNO. The Labute approximate surface area is 93.0 Å². The molecule has 1 aliphatic heterocycles. The SMILES string of the molecule is C.Cc1ccc2c(c1Br)CC(=O)N2C. The highest BCUT2D eigenvalue weighted by Gasteiger charge is 2.26. The fourth-order valence-corrected chi connectivity index (χ4v) is 2.09. The summed E-state index contributed by atoms with van der Waals surface area (Å²) >= 11 is 3.51. The van der Waals surface area contributed by atoms with E-state index in [1.54, 1.807) is 4.90 Å². The van der Waals surface area contributed by atoms with E-state index in [9.17, 15) is 4.79 Å². The van der Waals surface area contributed by atoms with Crippen LogP contribution in [0.2, 0.25) is 0 Å². The molecule has 0 spiro atoms. The fourth-order valence-electron chi connectivity index (χ4n) is 1.61. The molecule has 0 saturated heterocycles. The first kappa shape index (κ1) is 11.2. The van der Waals surface area contributed by atoms with Crippen molar-refractivity contribution in [3.63, 3.8) is 0 Å². The molecule has 14 heavy (non-hydrogen) atoms. The number of hydrogen-bond donors (Lipinski definition) is 0. The number of benzene rings is 1. The molecule has 0 unspecified atom stereocenters. The molecule has 0 bridgehead atoms. The minimum absolute atomic E-state index is 0. The van der Waals surface area contributed by atoms with Crippen LogP contribution in [0.4, 0.5) is 5.69 Å². The molecule has 1 aromatic rings. The van der Waals surface area contributed by atoms with Crippen LogP contribution in [0.25, 0.3) is 0 Å². The molecule has 2 nitrogen and oxygen atoms in total. The van der Waals surface area contributed by atoms with Gasteiger partial charge in [0.15, 0.2) is 0 Å². The van der Waals surface area contributed by atoms with Gasteiger partial charge < -0.3 is 4.90 Å². The van der Waals surface area contributed by atoms with Gasteiger partial charge in [-0.25, -0.2) is 0 Å². The van der Waals surface area contributed by atoms with E-state index in [0.29, 0.717) is 6.42 Å². The second-order valence-electron chi connectivity index (χ2n) is 3.32. The minimum atomic E-state index is 0. The Kier molecular flexibility index (Phi) is 3.00. The van der Waals surface area contributed by atoms with Crippen molar-refractivity contribution in [2.45, 2.75) is 20.8 Å². The predicted molar refractivity (Wildman–Crippen MR) is 62.7 cm³/mol. The van der Waals surface area contributed by atoms with Gasteiger partial charge >= 0.3 is 0 Å². The summed E-state index contributed by atoms with van der Waals surface area (Å²) in [6.07, 6.45) is 0.522. The predicted octanol–water partition coefficient (Wildman–Crippen LogP) is 2.91. The van der Waals surface area contributed by atoms with Gasteiger partial charge in [0.2, 0.25) is 5.91 Å². The van der Waals surface area contributed by atoms with E-state index >= 15 is 0 Å². The summed E-state index contributed by atoms with van der Waals surface area (Å²) in [6, 6.07) is 4.03. The van der Waals surface area contributed by atoms with E-state index in [2.05, 4.69) is 15.9 Å². The molecule has 0 saturated carbocycles. The lowest BCUT2D eigenvalue weighted by Crippen LogP contribution is -2.20. The largest absolute Gasteiger partial charge is 0.315 e. The van der Waals surface area contributed by atoms with Crippen molar-refractivity contribution in [3.05, 3.63) is 27.7 Å². The van der Waals surface area contributed by atoms with Crippen LogP contribution in [0.5, 0.6) is 0 Å². The second-order valence-corrected chi connectivity index (χ2v) is 4.12. The summed E-state index contributed by atoms with van der Waals surface area (Å²) in [7, 11) is 1.82. The van der Waals surface area contributed by atoms with E-state index in [-0.39, 0.29) is 13.3 Å². The molecule has 1 amide bonds. The number of nitrogens with zero attached hydrogens (tertiary/aromatic N) is 1. The maximum atomic E-state index is 11.4. The maximum Gasteiger partial charge on any atom is 0.231 e. The Balaban J connectivity index is 0.000000980. The van der Waals surface area contributed by atoms with Crippen LogP contribution in [0.15, 0.2) is 16.6 Å². The highest BCUT2D eigenvalue weighted by atomic mass is 79.9. The van der Waals surface area contributed by atoms with Crippen molar-refractivity contribution < 1.29 is 4.79 Å². The number of anilines is 1. The van der Waals surface area contributed by atoms with Crippen LogP contribution in [0.1, 0.15) is 18.6 Å². The van der Waals surface area contributed by atoms with Gasteiger partial charge in [0.1, 0.15) is 0 Å². The Hall–Kier alpha value is -0.830. The summed E-state index contributed by atoms with van der Waals surface area (Å²) in [6.45, 7) is 2.03. The molecule has 0 atom stereocenters. The van der Waals surface area contributed by atoms with Gasteiger partial charge in [-0.3, -0.25) is 4.79 Å². The quantitative estimate of drug-likeness (QED) is 0.698. The first-order chi connectivity index (χ1) is 6.11. The number of carbonyl (C=O) groups is 1. The topological polar surface area (TPSA) is 20.3 Å². The van der Waals surface area contributed by atoms with E-state index in [1.807, 2.05) is 26.1 Å². The van der Waals surface area contributed by atoms with Crippen LogP contribution in [-0.4, -0.2) is 13.0 Å². The Morgan fingerprint density at radius 1 is 1.43 bits per heavy atom. The van der Waals surface area contributed by atoms with Gasteiger partial charge in [0, 0.05) is 17.2 Å². The molecule has 0 fully saturated rings. The van der Waals surface area contributed by atoms with Crippen molar-refractivity contribution in [1.29, 1.82) is 0 Å². The van der Waals surface area contributed by atoms with Gasteiger partial charge in [0.25, 0.3) is 0 Å². The number of carbonyl (C=O) groups excluding carboxylic acids is 1. The number of halogens is 1. The second kappa shape index (κ2) is 3.73. The Bertz CT molecular complexity index is 387. The van der Waals surface area contributed by atoms with Gasteiger partial charge in [-0.1, -0.05) is 29.4 Å². The smallest absolute Gasteiger partial charge is 0.231 e. The monoisotopic (exact) mass is 255 g/mol. The average molecular weight is 256 g/mol. The Morgan fingerprint density at radius 3 is 2.71 bits per heavy atom. The molecule has 1 heterocycles. The van der Waals surface area contributed by atoms with E-state index in [4.69, 9.17) is 0 Å². The van der Waals surface area contributed by atoms with Gasteiger partial charge in [0.05, 0.1) is 6.42 Å². The van der Waals surface area contributed by atoms with Crippen LogP contribution < -0.4 is 4.90 Å². The highest BCUT2D eigenvalue weighted by Crippen LogP contribution is 2.35. The lowest BCUT2D eigenvalue weighted by molar-refractivity contribution is -0.117. The summed E-state index contributed by atoms with van der Waals surface area (Å²) in [4.78, 5) is 13.1. The lowest BCUT2D eigenvalue weighted by Gasteiger charge is -2.10. The number of rotatable bonds is 0. The number of aryl methyl sites for hydroxylation is 1. The van der Waals surface area contributed by atoms with Crippen LogP contribution in [0.3, 0.4) is 0 Å². The molecule has 0 radical (unpaired) electrons. The normalized spacial score (nSPS) is 13.9. The van der Waals surface area contributed by atoms with Crippen molar-refractivity contribution in [1.82, 2.24) is 0 Å². The molecule has 0 N–H and O–H groups in total. The number of fused-ring (bicyclic) bond motifs is 1. The zero-order chi connectivity index (χ0) is 9.59. The molecule has 76 valence electrons. The minimum Gasteiger partial charge on any atom is -0.315 e. The standard InChI is InChI=1S/C10H10BrNO.CH4/c1-6-3-4-8-7(10(6)11)5-9(13)12(8)2;/h3-4H,5H2,1-2H3;1H4. The van der Waals surface area contributed by atoms with E-state index in [0.717, 1.165) is 15.7 Å². The zero-order valence-electron chi connectivity index (χ0n) is 7.60. The average Bonchev–Trinajstić information content (AvgIpc) is 2.38. The number of likely N-dealkylation sites (N-methyl/N-ethyl adjacent to an activating group) is 1.